The van der Waals surface area contributed by atoms with Crippen molar-refractivity contribution in [2.45, 2.75) is 39.0 Å². The van der Waals surface area contributed by atoms with Crippen LogP contribution < -0.4 is 9.47 Å². The minimum atomic E-state index is 0.177. The van der Waals surface area contributed by atoms with Crippen LogP contribution in [0.3, 0.4) is 0 Å². The molecule has 0 N–H and O–H groups in total. The van der Waals surface area contributed by atoms with Crippen molar-refractivity contribution in [3.05, 3.63) is 29.8 Å². The van der Waals surface area contributed by atoms with Crippen LogP contribution in [-0.2, 0) is 4.79 Å². The van der Waals surface area contributed by atoms with Gasteiger partial charge in [-0.05, 0) is 30.2 Å². The molecular formula is C17H24O3. The van der Waals surface area contributed by atoms with Crippen molar-refractivity contribution in [2.24, 2.45) is 0 Å². The molecule has 0 saturated heterocycles. The van der Waals surface area contributed by atoms with Crippen LogP contribution in [0.4, 0.5) is 0 Å². The summed E-state index contributed by atoms with van der Waals surface area (Å²) >= 11 is 0. The van der Waals surface area contributed by atoms with Gasteiger partial charge in [-0.3, -0.25) is 4.79 Å². The Morgan fingerprint density at radius 2 is 1.85 bits per heavy atom. The number of carbonyl (C=O) groups is 1. The van der Waals surface area contributed by atoms with Gasteiger partial charge in [0, 0.05) is 6.42 Å². The first-order valence-electron chi connectivity index (χ1n) is 7.14. The minimum absolute atomic E-state index is 0.177. The maximum atomic E-state index is 11.7. The van der Waals surface area contributed by atoms with Crippen molar-refractivity contribution in [3.8, 4) is 11.5 Å². The molecular weight excluding hydrogens is 252 g/mol. The van der Waals surface area contributed by atoms with Crippen molar-refractivity contribution >= 4 is 11.9 Å². The molecule has 110 valence electrons. The number of benzene rings is 1. The molecule has 0 unspecified atom stereocenters. The van der Waals surface area contributed by atoms with Gasteiger partial charge in [-0.1, -0.05) is 38.3 Å². The van der Waals surface area contributed by atoms with Crippen LogP contribution in [0.2, 0.25) is 0 Å². The van der Waals surface area contributed by atoms with Crippen LogP contribution >= 0.6 is 0 Å². The number of hydrogen-bond donors (Lipinski definition) is 0. The third kappa shape index (κ3) is 5.47. The Morgan fingerprint density at radius 1 is 1.10 bits per heavy atom. The maximum Gasteiger partial charge on any atom is 0.161 e. The Morgan fingerprint density at radius 3 is 2.50 bits per heavy atom. The highest BCUT2D eigenvalue weighted by Gasteiger charge is 2.03. The molecule has 0 aliphatic heterocycles. The van der Waals surface area contributed by atoms with Crippen molar-refractivity contribution in [2.75, 3.05) is 14.2 Å². The first kappa shape index (κ1) is 16.3. The van der Waals surface area contributed by atoms with Crippen molar-refractivity contribution in [1.29, 1.82) is 0 Å². The van der Waals surface area contributed by atoms with Crippen LogP contribution in [0.15, 0.2) is 24.3 Å². The van der Waals surface area contributed by atoms with E-state index in [0.717, 1.165) is 18.4 Å². The summed E-state index contributed by atoms with van der Waals surface area (Å²) in [7, 11) is 3.21. The highest BCUT2D eigenvalue weighted by Crippen LogP contribution is 2.27. The van der Waals surface area contributed by atoms with Crippen molar-refractivity contribution < 1.29 is 14.3 Å². The third-order valence-corrected chi connectivity index (χ3v) is 3.15. The van der Waals surface area contributed by atoms with Gasteiger partial charge >= 0.3 is 0 Å². The number of ketones is 1. The number of ether oxygens (including phenoxy) is 2. The summed E-state index contributed by atoms with van der Waals surface area (Å²) in [5, 5.41) is 0. The fourth-order valence-electron chi connectivity index (χ4n) is 1.95. The van der Waals surface area contributed by atoms with Crippen molar-refractivity contribution in [1.82, 2.24) is 0 Å². The van der Waals surface area contributed by atoms with Gasteiger partial charge in [0.1, 0.15) is 0 Å². The number of carbonyl (C=O) groups excluding carboxylic acids is 1. The van der Waals surface area contributed by atoms with Crippen LogP contribution in [-0.4, -0.2) is 20.0 Å². The summed E-state index contributed by atoms with van der Waals surface area (Å²) in [4.78, 5) is 11.7. The van der Waals surface area contributed by atoms with Gasteiger partial charge in [-0.15, -0.1) is 0 Å². The van der Waals surface area contributed by atoms with E-state index in [0.29, 0.717) is 17.9 Å². The Hall–Kier alpha value is -1.77. The lowest BCUT2D eigenvalue weighted by atomic mass is 10.1. The van der Waals surface area contributed by atoms with E-state index in [1.165, 1.54) is 12.8 Å². The van der Waals surface area contributed by atoms with Gasteiger partial charge in [0.05, 0.1) is 14.2 Å². The van der Waals surface area contributed by atoms with Crippen LogP contribution in [0, 0.1) is 0 Å². The minimum Gasteiger partial charge on any atom is -0.493 e. The van der Waals surface area contributed by atoms with Gasteiger partial charge in [0.15, 0.2) is 17.3 Å². The Labute approximate surface area is 121 Å². The Bertz CT molecular complexity index is 450. The van der Waals surface area contributed by atoms with Gasteiger partial charge in [-0.2, -0.15) is 0 Å². The number of methoxy groups -OCH3 is 2. The molecule has 3 heteroatoms. The summed E-state index contributed by atoms with van der Waals surface area (Å²) in [6.45, 7) is 2.17. The molecule has 1 aromatic rings. The average Bonchev–Trinajstić information content (AvgIpc) is 2.49. The lowest BCUT2D eigenvalue weighted by molar-refractivity contribution is -0.114. The smallest absolute Gasteiger partial charge is 0.161 e. The van der Waals surface area contributed by atoms with E-state index < -0.39 is 0 Å². The predicted molar refractivity (Wildman–Crippen MR) is 82.3 cm³/mol. The van der Waals surface area contributed by atoms with E-state index in [1.54, 1.807) is 20.3 Å². The third-order valence-electron chi connectivity index (χ3n) is 3.15. The van der Waals surface area contributed by atoms with E-state index >= 15 is 0 Å². The van der Waals surface area contributed by atoms with Gasteiger partial charge < -0.3 is 9.47 Å². The highest BCUT2D eigenvalue weighted by atomic mass is 16.5. The zero-order chi connectivity index (χ0) is 14.8. The van der Waals surface area contributed by atoms with Gasteiger partial charge in [0.25, 0.3) is 0 Å². The number of hydrogen-bond acceptors (Lipinski definition) is 3. The molecule has 0 saturated carbocycles. The lowest BCUT2D eigenvalue weighted by Gasteiger charge is -2.07. The normalized spacial score (nSPS) is 10.8. The summed E-state index contributed by atoms with van der Waals surface area (Å²) < 4.78 is 10.4. The Kier molecular flexibility index (Phi) is 7.48. The maximum absolute atomic E-state index is 11.7. The second-order valence-electron chi connectivity index (χ2n) is 4.72. The fourth-order valence-corrected chi connectivity index (χ4v) is 1.95. The highest BCUT2D eigenvalue weighted by molar-refractivity contribution is 5.93. The summed E-state index contributed by atoms with van der Waals surface area (Å²) in [5.74, 6) is 1.54. The van der Waals surface area contributed by atoms with Crippen LogP contribution in [0.1, 0.15) is 44.6 Å². The van der Waals surface area contributed by atoms with Crippen LogP contribution in [0.25, 0.3) is 6.08 Å². The van der Waals surface area contributed by atoms with Gasteiger partial charge in [0.2, 0.25) is 0 Å². The fraction of sp³-hybridized carbons (Fsp3) is 0.471. The van der Waals surface area contributed by atoms with E-state index in [9.17, 15) is 4.79 Å². The predicted octanol–water partition coefficient (Wildman–Crippen LogP) is 4.26. The molecule has 20 heavy (non-hydrogen) atoms. The lowest BCUT2D eigenvalue weighted by Crippen LogP contribution is -1.93. The monoisotopic (exact) mass is 276 g/mol. The molecule has 0 heterocycles. The first-order chi connectivity index (χ1) is 9.71. The van der Waals surface area contributed by atoms with E-state index in [-0.39, 0.29) is 5.78 Å². The number of allylic oxidation sites excluding steroid dienone is 1. The zero-order valence-electron chi connectivity index (χ0n) is 12.6. The molecule has 0 aliphatic carbocycles. The first-order valence-corrected chi connectivity index (χ1v) is 7.14. The number of unbranched alkanes of at least 4 members (excludes halogenated alkanes) is 3. The molecule has 3 nitrogen and oxygen atoms in total. The van der Waals surface area contributed by atoms with E-state index in [4.69, 9.17) is 9.47 Å². The molecule has 0 aromatic heterocycles. The van der Waals surface area contributed by atoms with E-state index in [2.05, 4.69) is 6.92 Å². The second kappa shape index (κ2) is 9.18. The standard InChI is InChI=1S/C17H24O3/c1-4-5-6-7-8-15(18)11-9-14-10-12-16(19-2)17(13-14)20-3/h9-13H,4-8H2,1-3H3/b11-9+. The topological polar surface area (TPSA) is 35.5 Å². The Balaban J connectivity index is 2.54. The second-order valence-corrected chi connectivity index (χ2v) is 4.72. The molecule has 1 aromatic carbocycles. The molecule has 0 atom stereocenters. The summed E-state index contributed by atoms with van der Waals surface area (Å²) in [6.07, 6.45) is 8.60. The van der Waals surface area contributed by atoms with Gasteiger partial charge in [-0.25, -0.2) is 0 Å². The number of rotatable bonds is 9. The molecule has 0 amide bonds. The largest absolute Gasteiger partial charge is 0.493 e. The zero-order valence-corrected chi connectivity index (χ0v) is 12.6. The molecule has 0 aliphatic rings. The quantitative estimate of drug-likeness (QED) is 0.499. The molecule has 0 fully saturated rings. The molecule has 1 rings (SSSR count). The molecule has 0 spiro atoms. The average molecular weight is 276 g/mol. The molecule has 0 radical (unpaired) electrons. The van der Waals surface area contributed by atoms with E-state index in [1.807, 2.05) is 24.3 Å². The van der Waals surface area contributed by atoms with Crippen molar-refractivity contribution in [3.63, 3.8) is 0 Å². The molecule has 0 bridgehead atoms. The SMILES string of the molecule is CCCCCCC(=O)/C=C/c1ccc(OC)c(OC)c1. The van der Waals surface area contributed by atoms with Crippen LogP contribution in [0.5, 0.6) is 11.5 Å². The summed E-state index contributed by atoms with van der Waals surface area (Å²) in [6, 6.07) is 5.60. The summed E-state index contributed by atoms with van der Waals surface area (Å²) in [5.41, 5.74) is 0.935.